The molecule has 248 valence electrons. The first kappa shape index (κ1) is 28.6. The van der Waals surface area contributed by atoms with Crippen molar-refractivity contribution in [2.24, 2.45) is 0 Å². The van der Waals surface area contributed by atoms with E-state index in [9.17, 15) is 0 Å². The number of benzene rings is 6. The third-order valence-electron chi connectivity index (χ3n) is 13.1. The van der Waals surface area contributed by atoms with Crippen molar-refractivity contribution in [3.8, 4) is 33.8 Å². The van der Waals surface area contributed by atoms with E-state index >= 15 is 0 Å². The van der Waals surface area contributed by atoms with Crippen LogP contribution in [0.1, 0.15) is 72.2 Å². The zero-order valence-electron chi connectivity index (χ0n) is 29.5. The molecule has 2 aromatic heterocycles. The molecule has 0 bridgehead atoms. The topological polar surface area (TPSA) is 29.5 Å². The summed E-state index contributed by atoms with van der Waals surface area (Å²) in [5.41, 5.74) is 18.2. The fourth-order valence-corrected chi connectivity index (χ4v) is 10.8. The number of hydrogen-bond donors (Lipinski definition) is 0. The highest BCUT2D eigenvalue weighted by Gasteiger charge is 2.56. The van der Waals surface area contributed by atoms with Crippen LogP contribution in [-0.2, 0) is 16.2 Å². The van der Waals surface area contributed by atoms with Gasteiger partial charge < -0.3 is 13.7 Å². The number of furan rings is 2. The van der Waals surface area contributed by atoms with Crippen LogP contribution < -0.4 is 4.90 Å². The van der Waals surface area contributed by atoms with Gasteiger partial charge in [-0.3, -0.25) is 0 Å². The van der Waals surface area contributed by atoms with Crippen molar-refractivity contribution in [1.82, 2.24) is 0 Å². The molecule has 52 heavy (non-hydrogen) atoms. The van der Waals surface area contributed by atoms with Crippen LogP contribution in [-0.4, -0.2) is 0 Å². The Bertz CT molecular complexity index is 2840. The lowest BCUT2D eigenvalue weighted by molar-refractivity contribution is 0.525. The van der Waals surface area contributed by atoms with Crippen molar-refractivity contribution in [2.75, 3.05) is 4.90 Å². The molecule has 8 aromatic rings. The van der Waals surface area contributed by atoms with Crippen LogP contribution in [0.4, 0.5) is 17.1 Å². The number of anilines is 3. The third kappa shape index (κ3) is 3.09. The lowest BCUT2D eigenvalue weighted by atomic mass is 9.64. The number of rotatable bonds is 1. The second-order valence-electron chi connectivity index (χ2n) is 16.0. The fourth-order valence-electron chi connectivity index (χ4n) is 10.8. The van der Waals surface area contributed by atoms with E-state index in [1.54, 1.807) is 0 Å². The molecule has 3 nitrogen and oxygen atoms in total. The average molecular weight is 670 g/mol. The van der Waals surface area contributed by atoms with Gasteiger partial charge >= 0.3 is 0 Å². The normalized spacial score (nSPS) is 16.9. The molecule has 0 fully saturated rings. The lowest BCUT2D eigenvalue weighted by Gasteiger charge is -2.45. The van der Waals surface area contributed by atoms with E-state index in [-0.39, 0.29) is 10.8 Å². The Balaban J connectivity index is 1.22. The maximum Gasteiger partial charge on any atom is 0.174 e. The van der Waals surface area contributed by atoms with Crippen molar-refractivity contribution < 1.29 is 8.83 Å². The van der Waals surface area contributed by atoms with Crippen LogP contribution >= 0.6 is 0 Å². The van der Waals surface area contributed by atoms with E-state index in [2.05, 4.69) is 160 Å². The predicted octanol–water partition coefficient (Wildman–Crippen LogP) is 12.8. The van der Waals surface area contributed by atoms with Gasteiger partial charge in [-0.25, -0.2) is 0 Å². The summed E-state index contributed by atoms with van der Waals surface area (Å²) in [6.07, 6.45) is 3.64. The van der Waals surface area contributed by atoms with Gasteiger partial charge in [-0.15, -0.1) is 0 Å². The fraction of sp³-hybridized carbons (Fsp3) is 0.143. The van der Waals surface area contributed by atoms with E-state index in [0.29, 0.717) is 0 Å². The Hall–Kier alpha value is -6.06. The molecule has 1 aliphatic heterocycles. The Morgan fingerprint density at radius 2 is 1.02 bits per heavy atom. The van der Waals surface area contributed by atoms with Crippen LogP contribution in [0, 0.1) is 0 Å². The van der Waals surface area contributed by atoms with E-state index in [1.807, 2.05) is 12.5 Å². The summed E-state index contributed by atoms with van der Waals surface area (Å²) in [5.74, 6) is 1.63. The largest absolute Gasteiger partial charge is 0.461 e. The second-order valence-corrected chi connectivity index (χ2v) is 16.0. The quantitative estimate of drug-likeness (QED) is 0.174. The molecule has 0 atom stereocenters. The minimum Gasteiger partial charge on any atom is -0.461 e. The molecule has 0 saturated carbocycles. The summed E-state index contributed by atoms with van der Waals surface area (Å²) in [7, 11) is 0. The molecule has 0 saturated heterocycles. The molecule has 0 amide bonds. The van der Waals surface area contributed by atoms with Gasteiger partial charge in [0.15, 0.2) is 11.5 Å². The maximum atomic E-state index is 6.25. The average Bonchev–Trinajstić information content (AvgIpc) is 3.97. The summed E-state index contributed by atoms with van der Waals surface area (Å²) in [6.45, 7) is 9.47. The van der Waals surface area contributed by atoms with Gasteiger partial charge in [0.1, 0.15) is 0 Å². The van der Waals surface area contributed by atoms with E-state index in [4.69, 9.17) is 8.83 Å². The molecular weight excluding hydrogens is 635 g/mol. The Kier molecular flexibility index (Phi) is 5.08. The minimum absolute atomic E-state index is 0.0684. The predicted molar refractivity (Wildman–Crippen MR) is 209 cm³/mol. The SMILES string of the molecule is CC1(C)c2ccccc2-c2cc3c(cc21)N(c1cccc2c4c(ccc12)C(C)(C)c1ccccc1-4)c1ccccc1C31c2ccoc2-c2occc21. The Morgan fingerprint density at radius 1 is 0.404 bits per heavy atom. The van der Waals surface area contributed by atoms with Gasteiger partial charge in [0, 0.05) is 27.3 Å². The van der Waals surface area contributed by atoms with Crippen molar-refractivity contribution in [1.29, 1.82) is 0 Å². The van der Waals surface area contributed by atoms with Gasteiger partial charge in [0.2, 0.25) is 0 Å². The van der Waals surface area contributed by atoms with Crippen molar-refractivity contribution in [3.63, 3.8) is 0 Å². The van der Waals surface area contributed by atoms with Crippen molar-refractivity contribution >= 4 is 27.8 Å². The Labute approximate surface area is 302 Å². The van der Waals surface area contributed by atoms with Crippen LogP contribution in [0.25, 0.3) is 44.5 Å². The van der Waals surface area contributed by atoms with Gasteiger partial charge in [0.05, 0.1) is 35.0 Å². The molecule has 6 aromatic carbocycles. The zero-order chi connectivity index (χ0) is 34.7. The van der Waals surface area contributed by atoms with E-state index in [1.165, 1.54) is 77.8 Å². The first-order valence-electron chi connectivity index (χ1n) is 18.3. The third-order valence-corrected chi connectivity index (χ3v) is 13.1. The van der Waals surface area contributed by atoms with Gasteiger partial charge in [0.25, 0.3) is 0 Å². The number of para-hydroxylation sites is 1. The van der Waals surface area contributed by atoms with Crippen molar-refractivity contribution in [2.45, 2.75) is 43.9 Å². The zero-order valence-corrected chi connectivity index (χ0v) is 29.5. The second kappa shape index (κ2) is 9.23. The molecule has 4 aliphatic rings. The molecule has 0 radical (unpaired) electrons. The lowest BCUT2D eigenvalue weighted by Crippen LogP contribution is -2.36. The standard InChI is InChI=1S/C49H35NO2/c1-47(2)34-16-8-6-13-31(34)44-30-14-11-19-41(29(30)20-21-36(44)47)50-42-18-10-9-17-35(42)49(37-22-24-51-45(37)46-38(49)23-25-52-46)40-26-32-28-12-5-7-15-33(28)48(3,4)39(32)27-43(40)50/h5-27H,1-4H3. The smallest absolute Gasteiger partial charge is 0.174 e. The molecule has 0 unspecified atom stereocenters. The molecular formula is C49H35NO2. The summed E-state index contributed by atoms with van der Waals surface area (Å²) >= 11 is 0. The summed E-state index contributed by atoms with van der Waals surface area (Å²) in [6, 6.07) is 47.9. The Morgan fingerprint density at radius 3 is 1.77 bits per heavy atom. The van der Waals surface area contributed by atoms with Gasteiger partial charge in [-0.05, 0) is 97.4 Å². The molecule has 12 rings (SSSR count). The monoisotopic (exact) mass is 669 g/mol. The molecule has 1 spiro atoms. The summed E-state index contributed by atoms with van der Waals surface area (Å²) in [4.78, 5) is 2.55. The maximum absolute atomic E-state index is 6.25. The first-order valence-corrected chi connectivity index (χ1v) is 18.3. The number of fused-ring (bicyclic) bond motifs is 17. The van der Waals surface area contributed by atoms with E-state index in [0.717, 1.165) is 28.3 Å². The van der Waals surface area contributed by atoms with Gasteiger partial charge in [-0.1, -0.05) is 119 Å². The molecule has 3 aliphatic carbocycles. The molecule has 3 heterocycles. The van der Waals surface area contributed by atoms with Crippen molar-refractivity contribution in [3.05, 3.63) is 184 Å². The highest BCUT2D eigenvalue weighted by atomic mass is 16.4. The number of hydrogen-bond acceptors (Lipinski definition) is 3. The van der Waals surface area contributed by atoms with Crippen LogP contribution in [0.15, 0.2) is 149 Å². The van der Waals surface area contributed by atoms with E-state index < -0.39 is 5.41 Å². The summed E-state index contributed by atoms with van der Waals surface area (Å²) in [5, 5.41) is 2.53. The van der Waals surface area contributed by atoms with Crippen LogP contribution in [0.5, 0.6) is 0 Å². The van der Waals surface area contributed by atoms with Crippen LogP contribution in [0.3, 0.4) is 0 Å². The molecule has 3 heteroatoms. The summed E-state index contributed by atoms with van der Waals surface area (Å²) < 4.78 is 12.5. The van der Waals surface area contributed by atoms with Gasteiger partial charge in [-0.2, -0.15) is 0 Å². The highest BCUT2D eigenvalue weighted by Crippen LogP contribution is 2.66. The highest BCUT2D eigenvalue weighted by molar-refractivity contribution is 6.10. The number of nitrogens with zero attached hydrogens (tertiary/aromatic N) is 1. The molecule has 0 N–H and O–H groups in total. The first-order chi connectivity index (χ1) is 25.3. The minimum atomic E-state index is -0.613. The van der Waals surface area contributed by atoms with Crippen LogP contribution in [0.2, 0.25) is 0 Å².